The topological polar surface area (TPSA) is 26.3 Å². The smallest absolute Gasteiger partial charge is 0.306 e. The third-order valence-corrected chi connectivity index (χ3v) is 8.48. The average molecular weight is 343 g/mol. The summed E-state index contributed by atoms with van der Waals surface area (Å²) in [5.74, 6) is 7.40. The van der Waals surface area contributed by atoms with Gasteiger partial charge >= 0.3 is 5.97 Å². The van der Waals surface area contributed by atoms with Crippen molar-refractivity contribution in [3.8, 4) is 0 Å². The lowest BCUT2D eigenvalue weighted by molar-refractivity contribution is -0.141. The standard InChI is InChI=1S/C23H34O2/c24-21-11-10-19(25-21)7-5-3-1-2-4-6-15-12-18-14-20(15)23-17-9-8-16(13-17)22(18)23/h8-9,15-20,22-23H,1-7,10-14H2. The van der Waals surface area contributed by atoms with Crippen LogP contribution in [0.2, 0.25) is 0 Å². The predicted octanol–water partition coefficient (Wildman–Crippen LogP) is 5.52. The minimum atomic E-state index is 0.0177. The van der Waals surface area contributed by atoms with Crippen LogP contribution in [0.1, 0.15) is 77.0 Å². The summed E-state index contributed by atoms with van der Waals surface area (Å²) in [5.41, 5.74) is 0. The summed E-state index contributed by atoms with van der Waals surface area (Å²) in [6.07, 6.45) is 21.0. The molecule has 4 bridgehead atoms. The number of unbranched alkanes of at least 4 members (excludes halogenated alkanes) is 4. The first-order chi connectivity index (χ1) is 12.3. The molecule has 3 saturated carbocycles. The van der Waals surface area contributed by atoms with Crippen molar-refractivity contribution >= 4 is 5.97 Å². The predicted molar refractivity (Wildman–Crippen MR) is 98.9 cm³/mol. The molecule has 0 aromatic heterocycles. The molecular formula is C23H34O2. The fourth-order valence-electron chi connectivity index (χ4n) is 7.58. The van der Waals surface area contributed by atoms with E-state index in [-0.39, 0.29) is 12.1 Å². The molecule has 0 N–H and O–H groups in total. The van der Waals surface area contributed by atoms with Gasteiger partial charge in [0.2, 0.25) is 0 Å². The molecule has 1 aliphatic heterocycles. The van der Waals surface area contributed by atoms with E-state index in [4.69, 9.17) is 4.74 Å². The molecule has 0 radical (unpaired) electrons. The summed E-state index contributed by atoms with van der Waals surface area (Å²) < 4.78 is 5.30. The maximum atomic E-state index is 11.1. The third-order valence-electron chi connectivity index (χ3n) is 8.48. The third kappa shape index (κ3) is 2.98. The number of rotatable bonds is 8. The van der Waals surface area contributed by atoms with Crippen molar-refractivity contribution in [3.63, 3.8) is 0 Å². The molecule has 1 heterocycles. The molecule has 25 heavy (non-hydrogen) atoms. The Morgan fingerprint density at radius 1 is 0.880 bits per heavy atom. The quantitative estimate of drug-likeness (QED) is 0.251. The average Bonchev–Trinajstić information content (AvgIpc) is 3.39. The molecule has 0 amide bonds. The van der Waals surface area contributed by atoms with E-state index in [2.05, 4.69) is 12.2 Å². The van der Waals surface area contributed by atoms with Crippen LogP contribution in [0.5, 0.6) is 0 Å². The van der Waals surface area contributed by atoms with Crippen LogP contribution in [-0.2, 0) is 9.53 Å². The van der Waals surface area contributed by atoms with Crippen molar-refractivity contribution in [3.05, 3.63) is 12.2 Å². The number of fused-ring (bicyclic) bond motifs is 9. The van der Waals surface area contributed by atoms with E-state index in [0.29, 0.717) is 6.42 Å². The summed E-state index contributed by atoms with van der Waals surface area (Å²) in [6.45, 7) is 0. The molecule has 8 atom stereocenters. The Morgan fingerprint density at radius 2 is 1.64 bits per heavy atom. The van der Waals surface area contributed by atoms with Gasteiger partial charge in [0.05, 0.1) is 0 Å². The second kappa shape index (κ2) is 6.74. The molecule has 5 aliphatic rings. The van der Waals surface area contributed by atoms with Crippen molar-refractivity contribution in [2.45, 2.75) is 83.2 Å². The highest BCUT2D eigenvalue weighted by Crippen LogP contribution is 2.67. The van der Waals surface area contributed by atoms with Crippen LogP contribution < -0.4 is 0 Å². The first kappa shape index (κ1) is 16.4. The zero-order valence-corrected chi connectivity index (χ0v) is 15.6. The molecule has 5 rings (SSSR count). The van der Waals surface area contributed by atoms with E-state index in [0.717, 1.165) is 54.3 Å². The molecular weight excluding hydrogens is 308 g/mol. The Kier molecular flexibility index (Phi) is 4.42. The van der Waals surface area contributed by atoms with Crippen molar-refractivity contribution in [2.75, 3.05) is 0 Å². The second-order valence-corrected chi connectivity index (χ2v) is 9.75. The van der Waals surface area contributed by atoms with Crippen molar-refractivity contribution in [1.29, 1.82) is 0 Å². The van der Waals surface area contributed by atoms with Crippen molar-refractivity contribution < 1.29 is 9.53 Å². The van der Waals surface area contributed by atoms with Gasteiger partial charge in [-0.2, -0.15) is 0 Å². The van der Waals surface area contributed by atoms with E-state index < -0.39 is 0 Å². The number of esters is 1. The zero-order chi connectivity index (χ0) is 16.8. The first-order valence-corrected chi connectivity index (χ1v) is 11.2. The second-order valence-electron chi connectivity index (χ2n) is 9.75. The van der Waals surface area contributed by atoms with Crippen LogP contribution >= 0.6 is 0 Å². The minimum Gasteiger partial charge on any atom is -0.462 e. The lowest BCUT2D eigenvalue weighted by atomic mass is 9.68. The Labute approximate surface area is 152 Å². The number of ether oxygens (including phenoxy) is 1. The van der Waals surface area contributed by atoms with Crippen LogP contribution in [0.15, 0.2) is 12.2 Å². The molecule has 0 aromatic rings. The number of hydrogen-bond donors (Lipinski definition) is 0. The highest BCUT2D eigenvalue weighted by Gasteiger charge is 2.60. The monoisotopic (exact) mass is 342 g/mol. The van der Waals surface area contributed by atoms with E-state index in [1.54, 1.807) is 12.8 Å². The van der Waals surface area contributed by atoms with E-state index in [9.17, 15) is 4.79 Å². The van der Waals surface area contributed by atoms with Gasteiger partial charge in [0.25, 0.3) is 0 Å². The SMILES string of the molecule is O=C1CCC(CCCCCCCC2CC3CC2C2C4C=CC(C4)C32)O1. The normalized spacial score (nSPS) is 46.2. The van der Waals surface area contributed by atoms with Crippen LogP contribution in [0.3, 0.4) is 0 Å². The number of allylic oxidation sites excluding steroid dienone is 2. The van der Waals surface area contributed by atoms with Gasteiger partial charge < -0.3 is 4.74 Å². The van der Waals surface area contributed by atoms with Crippen molar-refractivity contribution in [1.82, 2.24) is 0 Å². The summed E-state index contributed by atoms with van der Waals surface area (Å²) >= 11 is 0. The Hall–Kier alpha value is -0.790. The molecule has 1 saturated heterocycles. The summed E-state index contributed by atoms with van der Waals surface area (Å²) in [6, 6.07) is 0. The molecule has 2 heteroatoms. The fourth-order valence-corrected chi connectivity index (χ4v) is 7.58. The van der Waals surface area contributed by atoms with E-state index in [1.165, 1.54) is 44.9 Å². The Balaban J connectivity index is 0.975. The minimum absolute atomic E-state index is 0.0177. The van der Waals surface area contributed by atoms with E-state index in [1.807, 2.05) is 0 Å². The maximum absolute atomic E-state index is 11.1. The molecule has 0 aromatic carbocycles. The van der Waals surface area contributed by atoms with Gasteiger partial charge in [-0.05, 0) is 80.0 Å². The van der Waals surface area contributed by atoms with Gasteiger partial charge in [0.1, 0.15) is 6.10 Å². The van der Waals surface area contributed by atoms with Gasteiger partial charge in [0.15, 0.2) is 0 Å². The molecule has 4 fully saturated rings. The Morgan fingerprint density at radius 3 is 2.44 bits per heavy atom. The van der Waals surface area contributed by atoms with Crippen LogP contribution in [0.25, 0.3) is 0 Å². The molecule has 2 nitrogen and oxygen atoms in total. The van der Waals surface area contributed by atoms with E-state index >= 15 is 0 Å². The lowest BCUT2D eigenvalue weighted by Gasteiger charge is -2.36. The molecule has 0 spiro atoms. The summed E-state index contributed by atoms with van der Waals surface area (Å²) in [7, 11) is 0. The van der Waals surface area contributed by atoms with Gasteiger partial charge in [-0.3, -0.25) is 4.79 Å². The number of carbonyl (C=O) groups excluding carboxylic acids is 1. The van der Waals surface area contributed by atoms with Crippen LogP contribution in [0.4, 0.5) is 0 Å². The Bertz CT molecular complexity index is 538. The first-order valence-electron chi connectivity index (χ1n) is 11.2. The van der Waals surface area contributed by atoms with Crippen LogP contribution in [0, 0.1) is 41.4 Å². The largest absolute Gasteiger partial charge is 0.462 e. The lowest BCUT2D eigenvalue weighted by Crippen LogP contribution is -2.30. The number of carbonyl (C=O) groups is 1. The number of hydrogen-bond acceptors (Lipinski definition) is 2. The van der Waals surface area contributed by atoms with Gasteiger partial charge in [0, 0.05) is 6.42 Å². The van der Waals surface area contributed by atoms with Gasteiger partial charge in [-0.15, -0.1) is 0 Å². The van der Waals surface area contributed by atoms with Gasteiger partial charge in [-0.1, -0.05) is 44.3 Å². The molecule has 8 unspecified atom stereocenters. The highest BCUT2D eigenvalue weighted by molar-refractivity contribution is 5.71. The fraction of sp³-hybridized carbons (Fsp3) is 0.870. The highest BCUT2D eigenvalue weighted by atomic mass is 16.5. The summed E-state index contributed by atoms with van der Waals surface area (Å²) in [5, 5.41) is 0. The maximum Gasteiger partial charge on any atom is 0.306 e. The van der Waals surface area contributed by atoms with Gasteiger partial charge in [-0.25, -0.2) is 0 Å². The molecule has 138 valence electrons. The molecule has 4 aliphatic carbocycles. The number of cyclic esters (lactones) is 1. The van der Waals surface area contributed by atoms with Crippen LogP contribution in [-0.4, -0.2) is 12.1 Å². The van der Waals surface area contributed by atoms with Crippen molar-refractivity contribution in [2.24, 2.45) is 41.4 Å². The zero-order valence-electron chi connectivity index (χ0n) is 15.6. The summed E-state index contributed by atoms with van der Waals surface area (Å²) in [4.78, 5) is 11.1.